The number of ketones is 1. The first-order valence-corrected chi connectivity index (χ1v) is 11.3. The Bertz CT molecular complexity index is 681. The molecule has 27 heavy (non-hydrogen) atoms. The average molecular weight is 371 g/mol. The maximum absolute atomic E-state index is 13.1. The predicted octanol–water partition coefficient (Wildman–Crippen LogP) is 5.09. The Morgan fingerprint density at radius 2 is 1.85 bits per heavy atom. The lowest BCUT2D eigenvalue weighted by Crippen LogP contribution is -2.56. The van der Waals surface area contributed by atoms with E-state index in [0.29, 0.717) is 29.0 Å². The lowest BCUT2D eigenvalue weighted by molar-refractivity contribution is -0.163. The highest BCUT2D eigenvalue weighted by atomic mass is 16.5. The van der Waals surface area contributed by atoms with Gasteiger partial charge in [-0.05, 0) is 105 Å². The molecule has 4 saturated carbocycles. The van der Waals surface area contributed by atoms with Crippen molar-refractivity contribution in [1.82, 2.24) is 0 Å². The second-order valence-corrected chi connectivity index (χ2v) is 10.5. The smallest absolute Gasteiger partial charge is 0.302 e. The largest absolute Gasteiger partial charge is 0.463 e. The quantitative estimate of drug-likeness (QED) is 0.604. The first-order chi connectivity index (χ1) is 12.9. The molecule has 0 N–H and O–H groups in total. The van der Waals surface area contributed by atoms with Gasteiger partial charge in [0, 0.05) is 12.3 Å². The van der Waals surface area contributed by atoms with Crippen LogP contribution in [-0.4, -0.2) is 17.9 Å². The van der Waals surface area contributed by atoms with Gasteiger partial charge in [-0.15, -0.1) is 0 Å². The molecule has 1 spiro atoms. The summed E-state index contributed by atoms with van der Waals surface area (Å²) < 4.78 is 5.58. The maximum Gasteiger partial charge on any atom is 0.302 e. The minimum absolute atomic E-state index is 0.00590. The number of hydrogen-bond donors (Lipinski definition) is 0. The molecule has 0 aromatic rings. The predicted molar refractivity (Wildman–Crippen MR) is 104 cm³/mol. The number of carbonyl (C=O) groups excluding carboxylic acids is 2. The Balaban J connectivity index is 1.40. The molecule has 0 aromatic heterocycles. The van der Waals surface area contributed by atoms with E-state index in [9.17, 15) is 9.59 Å². The third-order valence-electron chi connectivity index (χ3n) is 9.78. The molecule has 5 aliphatic rings. The van der Waals surface area contributed by atoms with E-state index < -0.39 is 0 Å². The molecular formula is C24H34O3. The van der Waals surface area contributed by atoms with Crippen molar-refractivity contribution in [2.75, 3.05) is 0 Å². The van der Waals surface area contributed by atoms with Gasteiger partial charge in [0.15, 0.2) is 5.78 Å². The summed E-state index contributed by atoms with van der Waals surface area (Å²) in [6.07, 6.45) is 16.0. The molecule has 0 saturated heterocycles. The second kappa shape index (κ2) is 6.19. The molecule has 148 valence electrons. The number of allylic oxidation sites excluding steroid dienone is 2. The molecule has 0 radical (unpaired) electrons. The van der Waals surface area contributed by atoms with Crippen LogP contribution in [0.2, 0.25) is 0 Å². The minimum Gasteiger partial charge on any atom is -0.463 e. The third-order valence-corrected chi connectivity index (χ3v) is 9.78. The van der Waals surface area contributed by atoms with Crippen molar-refractivity contribution < 1.29 is 14.3 Å². The van der Waals surface area contributed by atoms with Crippen LogP contribution in [0.25, 0.3) is 0 Å². The summed E-state index contributed by atoms with van der Waals surface area (Å²) in [6, 6.07) is 0. The molecule has 0 bridgehead atoms. The molecule has 0 heterocycles. The third kappa shape index (κ3) is 2.45. The van der Waals surface area contributed by atoms with Crippen LogP contribution in [0.1, 0.15) is 78.1 Å². The lowest BCUT2D eigenvalue weighted by atomic mass is 9.43. The number of carbonyl (C=O) groups is 2. The summed E-state index contributed by atoms with van der Waals surface area (Å²) in [6.45, 7) is 4.07. The first kappa shape index (κ1) is 17.9. The van der Waals surface area contributed by atoms with Gasteiger partial charge in [-0.3, -0.25) is 9.59 Å². The fourth-order valence-electron chi connectivity index (χ4n) is 8.68. The minimum atomic E-state index is -0.127. The summed E-state index contributed by atoms with van der Waals surface area (Å²) in [5.41, 5.74) is 0.376. The van der Waals surface area contributed by atoms with E-state index >= 15 is 0 Å². The van der Waals surface area contributed by atoms with Gasteiger partial charge >= 0.3 is 5.97 Å². The highest BCUT2D eigenvalue weighted by Gasteiger charge is 2.64. The van der Waals surface area contributed by atoms with Crippen molar-refractivity contribution in [3.8, 4) is 0 Å². The van der Waals surface area contributed by atoms with Crippen LogP contribution in [0.3, 0.4) is 0 Å². The van der Waals surface area contributed by atoms with E-state index in [1.54, 1.807) is 0 Å². The molecule has 0 aliphatic heterocycles. The van der Waals surface area contributed by atoms with Crippen molar-refractivity contribution >= 4 is 11.8 Å². The summed E-state index contributed by atoms with van der Waals surface area (Å²) in [5.74, 6) is 3.77. The second-order valence-electron chi connectivity index (χ2n) is 10.5. The molecule has 0 amide bonds. The first-order valence-electron chi connectivity index (χ1n) is 11.3. The normalized spacial score (nSPS) is 51.0. The van der Waals surface area contributed by atoms with E-state index in [2.05, 4.69) is 13.0 Å². The zero-order valence-electron chi connectivity index (χ0n) is 16.9. The average Bonchev–Trinajstić information content (AvgIpc) is 3.03. The van der Waals surface area contributed by atoms with E-state index in [1.165, 1.54) is 45.4 Å². The molecule has 4 fully saturated rings. The van der Waals surface area contributed by atoms with Gasteiger partial charge < -0.3 is 4.74 Å². The topological polar surface area (TPSA) is 43.4 Å². The van der Waals surface area contributed by atoms with Crippen molar-refractivity contribution in [2.45, 2.75) is 84.2 Å². The van der Waals surface area contributed by atoms with E-state index in [0.717, 1.165) is 37.5 Å². The monoisotopic (exact) mass is 370 g/mol. The summed E-state index contributed by atoms with van der Waals surface area (Å²) >= 11 is 0. The van der Waals surface area contributed by atoms with Crippen molar-refractivity contribution in [3.63, 3.8) is 0 Å². The fourth-order valence-corrected chi connectivity index (χ4v) is 8.68. The van der Waals surface area contributed by atoms with Crippen LogP contribution in [0.5, 0.6) is 0 Å². The molecule has 0 aromatic carbocycles. The fraction of sp³-hybridized carbons (Fsp3) is 0.833. The van der Waals surface area contributed by atoms with Crippen molar-refractivity contribution in [2.24, 2.45) is 40.4 Å². The molecule has 3 nitrogen and oxygen atoms in total. The molecule has 0 unspecified atom stereocenters. The Labute approximate surface area is 163 Å². The summed E-state index contributed by atoms with van der Waals surface area (Å²) in [4.78, 5) is 24.5. The summed E-state index contributed by atoms with van der Waals surface area (Å²) in [5, 5.41) is 0. The summed E-state index contributed by atoms with van der Waals surface area (Å²) in [7, 11) is 0. The van der Waals surface area contributed by atoms with Gasteiger partial charge in [0.2, 0.25) is 0 Å². The lowest BCUT2D eigenvalue weighted by Gasteiger charge is -2.61. The van der Waals surface area contributed by atoms with Crippen LogP contribution in [0.4, 0.5) is 0 Å². The van der Waals surface area contributed by atoms with E-state index in [4.69, 9.17) is 4.74 Å². The van der Waals surface area contributed by atoms with E-state index in [1.807, 2.05) is 6.08 Å². The van der Waals surface area contributed by atoms with Gasteiger partial charge in [-0.1, -0.05) is 13.0 Å². The molecule has 3 heteroatoms. The Hall–Kier alpha value is -1.12. The van der Waals surface area contributed by atoms with Crippen LogP contribution < -0.4 is 0 Å². The van der Waals surface area contributed by atoms with Gasteiger partial charge in [-0.25, -0.2) is 0 Å². The SMILES string of the molecule is CC(=O)O[C@@H]1CC[C@@]2(C)[C@H](CC[C@@H]3[C@@H]2CC[C@@]24C(=O)C=CC[C@H]2CC[C@@H]34)C1. The van der Waals surface area contributed by atoms with Crippen LogP contribution in [0, 0.1) is 40.4 Å². The van der Waals surface area contributed by atoms with Gasteiger partial charge in [0.1, 0.15) is 6.10 Å². The zero-order chi connectivity index (χ0) is 18.8. The number of rotatable bonds is 1. The Morgan fingerprint density at radius 3 is 2.67 bits per heavy atom. The van der Waals surface area contributed by atoms with Crippen LogP contribution in [0.15, 0.2) is 12.2 Å². The van der Waals surface area contributed by atoms with E-state index in [-0.39, 0.29) is 17.5 Å². The Morgan fingerprint density at radius 1 is 1.04 bits per heavy atom. The van der Waals surface area contributed by atoms with Crippen LogP contribution in [-0.2, 0) is 14.3 Å². The molecule has 5 rings (SSSR count). The number of hydrogen-bond acceptors (Lipinski definition) is 3. The number of esters is 1. The highest BCUT2D eigenvalue weighted by molar-refractivity contribution is 5.96. The molecular weight excluding hydrogens is 336 g/mol. The molecule has 5 aliphatic carbocycles. The standard InChI is InChI=1S/C24H34O3/c1-15(25)27-18-10-12-23(2)17(14-18)6-8-19-20(23)11-13-24-16(7-9-21(19)24)4-3-5-22(24)26/h3,5,16-21H,4,6-14H2,1-2H3/t16-,17+,18+,19+,20-,21-,23-,24+/m0/s1. The molecule has 8 atom stereocenters. The van der Waals surface area contributed by atoms with Gasteiger partial charge in [-0.2, -0.15) is 0 Å². The highest BCUT2D eigenvalue weighted by Crippen LogP contribution is 2.68. The van der Waals surface area contributed by atoms with Crippen LogP contribution >= 0.6 is 0 Å². The van der Waals surface area contributed by atoms with Crippen molar-refractivity contribution in [1.29, 1.82) is 0 Å². The zero-order valence-corrected chi connectivity index (χ0v) is 16.9. The maximum atomic E-state index is 13.1. The Kier molecular flexibility index (Phi) is 4.11. The number of fused-ring (bicyclic) bond motifs is 4. The van der Waals surface area contributed by atoms with Gasteiger partial charge in [0.25, 0.3) is 0 Å². The van der Waals surface area contributed by atoms with Crippen molar-refractivity contribution in [3.05, 3.63) is 12.2 Å². The number of ether oxygens (including phenoxy) is 1. The van der Waals surface area contributed by atoms with Gasteiger partial charge in [0.05, 0.1) is 0 Å².